The van der Waals surface area contributed by atoms with Gasteiger partial charge >= 0.3 is 5.97 Å². The van der Waals surface area contributed by atoms with Crippen LogP contribution in [0.25, 0.3) is 0 Å². The molecule has 0 aromatic carbocycles. The number of fused-ring (bicyclic) bond motifs is 1. The summed E-state index contributed by atoms with van der Waals surface area (Å²) < 4.78 is 0. The highest BCUT2D eigenvalue weighted by atomic mass is 16.4. The molecule has 2 fully saturated rings. The van der Waals surface area contributed by atoms with Gasteiger partial charge in [0.15, 0.2) is 0 Å². The summed E-state index contributed by atoms with van der Waals surface area (Å²) in [6, 6.07) is 0.395. The van der Waals surface area contributed by atoms with Crippen LogP contribution >= 0.6 is 0 Å². The Bertz CT molecular complexity index is 278. The predicted octanol–water partition coefficient (Wildman–Crippen LogP) is -0.186. The molecule has 1 saturated carbocycles. The lowest BCUT2D eigenvalue weighted by Crippen LogP contribution is -2.62. The minimum Gasteiger partial charge on any atom is -0.480 e. The van der Waals surface area contributed by atoms with Crippen molar-refractivity contribution in [3.8, 4) is 0 Å². The molecule has 1 amide bonds. The fraction of sp³-hybridized carbons (Fsp3) is 0.800. The number of carbonyl (C=O) groups is 2. The molecule has 15 heavy (non-hydrogen) atoms. The highest BCUT2D eigenvalue weighted by Crippen LogP contribution is 2.25. The van der Waals surface area contributed by atoms with Crippen molar-refractivity contribution in [3.05, 3.63) is 0 Å². The standard InChI is InChI=1S/C10H16N2O3/c13-9-5-12(6-10(14)15)8-4-2-1-3-7(8)11-9/h7-8H,1-6H2,(H,11,13)(H,14,15). The zero-order valence-electron chi connectivity index (χ0n) is 8.61. The summed E-state index contributed by atoms with van der Waals surface area (Å²) in [5, 5.41) is 11.7. The van der Waals surface area contributed by atoms with E-state index in [9.17, 15) is 9.59 Å². The van der Waals surface area contributed by atoms with Gasteiger partial charge in [-0.1, -0.05) is 12.8 Å². The molecular formula is C10H16N2O3. The molecule has 0 radical (unpaired) electrons. The molecule has 2 aliphatic rings. The van der Waals surface area contributed by atoms with Crippen LogP contribution in [-0.2, 0) is 9.59 Å². The van der Waals surface area contributed by atoms with Gasteiger partial charge in [-0.15, -0.1) is 0 Å². The van der Waals surface area contributed by atoms with Crippen molar-refractivity contribution < 1.29 is 14.7 Å². The van der Waals surface area contributed by atoms with Crippen LogP contribution in [0.1, 0.15) is 25.7 Å². The molecule has 0 aromatic heterocycles. The average Bonchev–Trinajstić information content (AvgIpc) is 2.16. The smallest absolute Gasteiger partial charge is 0.317 e. The van der Waals surface area contributed by atoms with Crippen molar-refractivity contribution in [2.24, 2.45) is 0 Å². The highest BCUT2D eigenvalue weighted by molar-refractivity contribution is 5.80. The molecule has 2 unspecified atom stereocenters. The quantitative estimate of drug-likeness (QED) is 0.666. The summed E-state index contributed by atoms with van der Waals surface area (Å²) in [5.41, 5.74) is 0. The second kappa shape index (κ2) is 4.18. The van der Waals surface area contributed by atoms with E-state index in [0.29, 0.717) is 0 Å². The lowest BCUT2D eigenvalue weighted by Gasteiger charge is -2.43. The number of carbonyl (C=O) groups excluding carboxylic acids is 1. The Hall–Kier alpha value is -1.10. The second-order valence-corrected chi connectivity index (χ2v) is 4.32. The van der Waals surface area contributed by atoms with E-state index in [2.05, 4.69) is 5.32 Å². The molecule has 5 heteroatoms. The third-order valence-corrected chi connectivity index (χ3v) is 3.23. The molecule has 0 aromatic rings. The number of carboxylic acid groups (broad SMARTS) is 1. The van der Waals surface area contributed by atoms with Gasteiger partial charge in [-0.3, -0.25) is 14.5 Å². The van der Waals surface area contributed by atoms with Crippen molar-refractivity contribution in [2.45, 2.75) is 37.8 Å². The van der Waals surface area contributed by atoms with Crippen LogP contribution in [0.4, 0.5) is 0 Å². The number of rotatable bonds is 2. The Morgan fingerprint density at radius 3 is 2.93 bits per heavy atom. The number of nitrogens with zero attached hydrogens (tertiary/aromatic N) is 1. The van der Waals surface area contributed by atoms with Gasteiger partial charge in [-0.25, -0.2) is 0 Å². The van der Waals surface area contributed by atoms with Gasteiger partial charge in [-0.05, 0) is 12.8 Å². The van der Waals surface area contributed by atoms with Crippen molar-refractivity contribution in [1.82, 2.24) is 10.2 Å². The molecular weight excluding hydrogens is 196 g/mol. The van der Waals surface area contributed by atoms with Gasteiger partial charge in [0.1, 0.15) is 0 Å². The molecule has 0 bridgehead atoms. The van der Waals surface area contributed by atoms with Gasteiger partial charge in [-0.2, -0.15) is 0 Å². The van der Waals surface area contributed by atoms with E-state index >= 15 is 0 Å². The van der Waals surface area contributed by atoms with Crippen molar-refractivity contribution in [2.75, 3.05) is 13.1 Å². The number of hydrogen-bond donors (Lipinski definition) is 2. The van der Waals surface area contributed by atoms with Crippen molar-refractivity contribution in [1.29, 1.82) is 0 Å². The van der Waals surface area contributed by atoms with E-state index in [1.165, 1.54) is 0 Å². The Balaban J connectivity index is 2.06. The second-order valence-electron chi connectivity index (χ2n) is 4.32. The molecule has 2 N–H and O–H groups in total. The maximum atomic E-state index is 11.4. The zero-order chi connectivity index (χ0) is 10.8. The number of piperazine rings is 1. The summed E-state index contributed by atoms with van der Waals surface area (Å²) in [6.45, 7) is 0.210. The molecule has 0 spiro atoms. The first-order valence-electron chi connectivity index (χ1n) is 5.42. The van der Waals surface area contributed by atoms with Crippen LogP contribution in [0.2, 0.25) is 0 Å². The molecule has 84 valence electrons. The van der Waals surface area contributed by atoms with E-state index in [-0.39, 0.29) is 31.1 Å². The van der Waals surface area contributed by atoms with Crippen LogP contribution in [0.15, 0.2) is 0 Å². The highest BCUT2D eigenvalue weighted by Gasteiger charge is 2.36. The molecule has 1 saturated heterocycles. The third kappa shape index (κ3) is 2.28. The third-order valence-electron chi connectivity index (χ3n) is 3.23. The fourth-order valence-corrected chi connectivity index (χ4v) is 2.62. The zero-order valence-corrected chi connectivity index (χ0v) is 8.61. The van der Waals surface area contributed by atoms with Crippen molar-refractivity contribution in [3.63, 3.8) is 0 Å². The van der Waals surface area contributed by atoms with Gasteiger partial charge in [0.25, 0.3) is 0 Å². The summed E-state index contributed by atoms with van der Waals surface area (Å²) in [7, 11) is 0. The lowest BCUT2D eigenvalue weighted by atomic mass is 9.87. The first-order chi connectivity index (χ1) is 7.16. The number of hydrogen-bond acceptors (Lipinski definition) is 3. The SMILES string of the molecule is O=C(O)CN1CC(=O)NC2CCCCC21. The molecule has 1 aliphatic heterocycles. The minimum absolute atomic E-state index is 0.0193. The molecule has 2 rings (SSSR count). The van der Waals surface area contributed by atoms with Crippen LogP contribution in [0, 0.1) is 0 Å². The molecule has 1 aliphatic carbocycles. The Labute approximate surface area is 88.4 Å². The van der Waals surface area contributed by atoms with Crippen LogP contribution < -0.4 is 5.32 Å². The topological polar surface area (TPSA) is 69.6 Å². The predicted molar refractivity (Wildman–Crippen MR) is 53.4 cm³/mol. The van der Waals surface area contributed by atoms with Crippen LogP contribution in [-0.4, -0.2) is 47.1 Å². The van der Waals surface area contributed by atoms with E-state index < -0.39 is 5.97 Å². The van der Waals surface area contributed by atoms with Crippen molar-refractivity contribution >= 4 is 11.9 Å². The average molecular weight is 212 g/mol. The summed E-state index contributed by atoms with van der Waals surface area (Å²) >= 11 is 0. The van der Waals surface area contributed by atoms with E-state index in [1.54, 1.807) is 4.90 Å². The van der Waals surface area contributed by atoms with Crippen LogP contribution in [0.5, 0.6) is 0 Å². The van der Waals surface area contributed by atoms with Crippen LogP contribution in [0.3, 0.4) is 0 Å². The minimum atomic E-state index is -0.853. The van der Waals surface area contributed by atoms with Gasteiger partial charge < -0.3 is 10.4 Å². The van der Waals surface area contributed by atoms with Gasteiger partial charge in [0.2, 0.25) is 5.91 Å². The number of nitrogens with one attached hydrogen (secondary N) is 1. The maximum absolute atomic E-state index is 11.4. The Kier molecular flexibility index (Phi) is 2.90. The fourth-order valence-electron chi connectivity index (χ4n) is 2.62. The number of amides is 1. The van der Waals surface area contributed by atoms with Gasteiger partial charge in [0, 0.05) is 12.1 Å². The Morgan fingerprint density at radius 2 is 2.20 bits per heavy atom. The number of carboxylic acids is 1. The number of aliphatic carboxylic acids is 1. The molecule has 2 atom stereocenters. The van der Waals surface area contributed by atoms with E-state index in [4.69, 9.17) is 5.11 Å². The largest absolute Gasteiger partial charge is 0.480 e. The first-order valence-corrected chi connectivity index (χ1v) is 5.42. The lowest BCUT2D eigenvalue weighted by molar-refractivity contribution is -0.141. The maximum Gasteiger partial charge on any atom is 0.317 e. The van der Waals surface area contributed by atoms with Gasteiger partial charge in [0.05, 0.1) is 13.1 Å². The van der Waals surface area contributed by atoms with E-state index in [0.717, 1.165) is 25.7 Å². The van der Waals surface area contributed by atoms with E-state index in [1.807, 2.05) is 0 Å². The normalized spacial score (nSPS) is 31.9. The monoisotopic (exact) mass is 212 g/mol. The Morgan fingerprint density at radius 1 is 1.47 bits per heavy atom. The first kappa shape index (κ1) is 10.4. The summed E-state index contributed by atoms with van der Waals surface area (Å²) in [5.74, 6) is -0.895. The molecule has 5 nitrogen and oxygen atoms in total. The molecule has 1 heterocycles. The summed E-state index contributed by atoms with van der Waals surface area (Å²) in [6.07, 6.45) is 4.24. The summed E-state index contributed by atoms with van der Waals surface area (Å²) in [4.78, 5) is 23.8.